The predicted octanol–water partition coefficient (Wildman–Crippen LogP) is 1.58. The normalized spacial score (nSPS) is 25.9. The summed E-state index contributed by atoms with van der Waals surface area (Å²) in [6.07, 6.45) is 3.15. The zero-order valence-electron chi connectivity index (χ0n) is 8.10. The Labute approximate surface area is 88.0 Å². The fourth-order valence-electron chi connectivity index (χ4n) is 1.98. The molecule has 0 amide bonds. The molecule has 2 nitrogen and oxygen atoms in total. The first-order valence-electron chi connectivity index (χ1n) is 4.73. The molecule has 2 N–H and O–H groups in total. The molecule has 1 aromatic carbocycles. The molecular weight excluding hydrogens is 196 g/mol. The van der Waals surface area contributed by atoms with Crippen molar-refractivity contribution in [2.24, 2.45) is 0 Å². The Morgan fingerprint density at radius 2 is 2.14 bits per heavy atom. The summed E-state index contributed by atoms with van der Waals surface area (Å²) in [6.45, 7) is 0. The van der Waals surface area contributed by atoms with E-state index in [1.165, 1.54) is 0 Å². The van der Waals surface area contributed by atoms with Gasteiger partial charge in [0, 0.05) is 5.25 Å². The molecule has 0 saturated carbocycles. The highest BCUT2D eigenvalue weighted by Crippen LogP contribution is 2.32. The molecule has 0 fully saturated rings. The van der Waals surface area contributed by atoms with E-state index in [9.17, 15) is 10.2 Å². The summed E-state index contributed by atoms with van der Waals surface area (Å²) in [4.78, 5) is 0. The summed E-state index contributed by atoms with van der Waals surface area (Å²) in [6, 6.07) is 5.53. The van der Waals surface area contributed by atoms with Crippen molar-refractivity contribution in [3.63, 3.8) is 0 Å². The summed E-state index contributed by atoms with van der Waals surface area (Å²) in [7, 11) is 0. The van der Waals surface area contributed by atoms with Crippen molar-refractivity contribution in [1.29, 1.82) is 0 Å². The van der Waals surface area contributed by atoms with E-state index >= 15 is 0 Å². The third kappa shape index (κ3) is 1.62. The van der Waals surface area contributed by atoms with Crippen molar-refractivity contribution in [2.75, 3.05) is 6.26 Å². The van der Waals surface area contributed by atoms with Crippen molar-refractivity contribution in [3.05, 3.63) is 29.3 Å². The fourth-order valence-corrected chi connectivity index (χ4v) is 2.73. The van der Waals surface area contributed by atoms with Crippen LogP contribution in [0.2, 0.25) is 0 Å². The minimum Gasteiger partial charge on any atom is -0.508 e. The molecule has 0 spiro atoms. The van der Waals surface area contributed by atoms with Crippen LogP contribution < -0.4 is 0 Å². The van der Waals surface area contributed by atoms with E-state index in [2.05, 4.69) is 0 Å². The first-order chi connectivity index (χ1) is 6.72. The van der Waals surface area contributed by atoms with E-state index in [0.717, 1.165) is 17.5 Å². The minimum absolute atomic E-state index is 0.218. The number of aliphatic hydroxyl groups is 1. The fraction of sp³-hybridized carbons (Fsp3) is 0.455. The maximum Gasteiger partial charge on any atom is 0.119 e. The summed E-state index contributed by atoms with van der Waals surface area (Å²) in [5, 5.41) is 19.7. The first-order valence-corrected chi connectivity index (χ1v) is 6.01. The molecule has 1 aliphatic rings. The van der Waals surface area contributed by atoms with Crippen LogP contribution >= 0.6 is 11.8 Å². The second-order valence-corrected chi connectivity index (χ2v) is 4.74. The zero-order valence-corrected chi connectivity index (χ0v) is 8.92. The van der Waals surface area contributed by atoms with Gasteiger partial charge in [-0.1, -0.05) is 12.1 Å². The van der Waals surface area contributed by atoms with Gasteiger partial charge in [-0.05, 0) is 36.3 Å². The Kier molecular flexibility index (Phi) is 2.70. The Bertz CT molecular complexity index is 338. The van der Waals surface area contributed by atoms with E-state index in [1.54, 1.807) is 17.8 Å². The maximum atomic E-state index is 9.80. The van der Waals surface area contributed by atoms with Crippen molar-refractivity contribution >= 4 is 11.8 Å². The van der Waals surface area contributed by atoms with Gasteiger partial charge in [-0.2, -0.15) is 11.8 Å². The summed E-state index contributed by atoms with van der Waals surface area (Å²) < 4.78 is 0. The summed E-state index contributed by atoms with van der Waals surface area (Å²) in [5.74, 6) is 0.369. The van der Waals surface area contributed by atoms with Crippen LogP contribution in [0.5, 0.6) is 5.75 Å². The number of rotatable bonds is 1. The number of thioether (sulfide) groups is 1. The van der Waals surface area contributed by atoms with Gasteiger partial charge in [0.2, 0.25) is 0 Å². The van der Waals surface area contributed by atoms with E-state index in [0.29, 0.717) is 12.2 Å². The lowest BCUT2D eigenvalue weighted by atomic mass is 9.89. The topological polar surface area (TPSA) is 40.5 Å². The van der Waals surface area contributed by atoms with Crippen molar-refractivity contribution in [1.82, 2.24) is 0 Å². The molecule has 2 unspecified atom stereocenters. The number of fused-ring (bicyclic) bond motifs is 1. The highest BCUT2D eigenvalue weighted by Gasteiger charge is 2.27. The Balaban J connectivity index is 2.36. The van der Waals surface area contributed by atoms with E-state index in [1.807, 2.05) is 18.4 Å². The third-order valence-corrected chi connectivity index (χ3v) is 3.90. The van der Waals surface area contributed by atoms with Crippen LogP contribution in [0.4, 0.5) is 0 Å². The van der Waals surface area contributed by atoms with Crippen LogP contribution in [0.15, 0.2) is 18.2 Å². The molecule has 1 aromatic rings. The van der Waals surface area contributed by atoms with Gasteiger partial charge < -0.3 is 10.2 Å². The minimum atomic E-state index is -0.278. The molecule has 0 heterocycles. The highest BCUT2D eigenvalue weighted by molar-refractivity contribution is 7.99. The summed E-state index contributed by atoms with van der Waals surface area (Å²) in [5.41, 5.74) is 2.10. The Morgan fingerprint density at radius 1 is 1.36 bits per heavy atom. The van der Waals surface area contributed by atoms with Crippen molar-refractivity contribution in [2.45, 2.75) is 24.2 Å². The van der Waals surface area contributed by atoms with Gasteiger partial charge in [-0.25, -0.2) is 0 Å². The van der Waals surface area contributed by atoms with E-state index < -0.39 is 0 Å². The van der Waals surface area contributed by atoms with Gasteiger partial charge in [0.05, 0.1) is 6.10 Å². The Hall–Kier alpha value is -0.670. The molecular formula is C11H14O2S. The average molecular weight is 210 g/mol. The molecule has 0 bridgehead atoms. The van der Waals surface area contributed by atoms with E-state index in [4.69, 9.17) is 0 Å². The standard InChI is InChI=1S/C11H14O2S/c1-14-11-6-8-7(5-10(11)13)3-2-4-9(8)12/h2-4,10-13H,5-6H2,1H3. The number of phenols is 1. The van der Waals surface area contributed by atoms with Crippen LogP contribution in [0.25, 0.3) is 0 Å². The second kappa shape index (κ2) is 3.83. The number of hydrogen-bond acceptors (Lipinski definition) is 3. The van der Waals surface area contributed by atoms with Crippen LogP contribution in [0, 0.1) is 0 Å². The number of phenolic OH excluding ortho intramolecular Hbond substituents is 1. The number of hydrogen-bond donors (Lipinski definition) is 2. The highest BCUT2D eigenvalue weighted by atomic mass is 32.2. The molecule has 14 heavy (non-hydrogen) atoms. The lowest BCUT2D eigenvalue weighted by Crippen LogP contribution is -2.32. The molecule has 0 aliphatic heterocycles. The lowest BCUT2D eigenvalue weighted by Gasteiger charge is -2.28. The molecule has 0 aromatic heterocycles. The first kappa shape index (κ1) is 9.87. The molecule has 2 atom stereocenters. The van der Waals surface area contributed by atoms with Gasteiger partial charge in [-0.3, -0.25) is 0 Å². The van der Waals surface area contributed by atoms with Gasteiger partial charge in [0.1, 0.15) is 5.75 Å². The molecule has 0 saturated heterocycles. The molecule has 76 valence electrons. The number of aliphatic hydroxyl groups excluding tert-OH is 1. The smallest absolute Gasteiger partial charge is 0.119 e. The van der Waals surface area contributed by atoms with Crippen LogP contribution in [0.3, 0.4) is 0 Å². The average Bonchev–Trinajstić information content (AvgIpc) is 2.17. The lowest BCUT2D eigenvalue weighted by molar-refractivity contribution is 0.164. The predicted molar refractivity (Wildman–Crippen MR) is 58.8 cm³/mol. The molecule has 2 rings (SSSR count). The van der Waals surface area contributed by atoms with Gasteiger partial charge in [0.15, 0.2) is 0 Å². The molecule has 3 heteroatoms. The van der Waals surface area contributed by atoms with Crippen LogP contribution in [-0.2, 0) is 12.8 Å². The van der Waals surface area contributed by atoms with Gasteiger partial charge >= 0.3 is 0 Å². The van der Waals surface area contributed by atoms with E-state index in [-0.39, 0.29) is 11.4 Å². The van der Waals surface area contributed by atoms with Crippen molar-refractivity contribution < 1.29 is 10.2 Å². The van der Waals surface area contributed by atoms with Gasteiger partial charge in [0.25, 0.3) is 0 Å². The number of benzene rings is 1. The number of aromatic hydroxyl groups is 1. The largest absolute Gasteiger partial charge is 0.508 e. The second-order valence-electron chi connectivity index (χ2n) is 3.66. The van der Waals surface area contributed by atoms with Crippen LogP contribution in [0.1, 0.15) is 11.1 Å². The SMILES string of the molecule is CSC1Cc2c(O)cccc2CC1O. The Morgan fingerprint density at radius 3 is 2.86 bits per heavy atom. The van der Waals surface area contributed by atoms with Gasteiger partial charge in [-0.15, -0.1) is 0 Å². The zero-order chi connectivity index (χ0) is 10.1. The molecule has 0 radical (unpaired) electrons. The third-order valence-electron chi connectivity index (χ3n) is 2.81. The monoisotopic (exact) mass is 210 g/mol. The van der Waals surface area contributed by atoms with Crippen LogP contribution in [-0.4, -0.2) is 27.8 Å². The van der Waals surface area contributed by atoms with Crippen molar-refractivity contribution in [3.8, 4) is 5.75 Å². The molecule has 1 aliphatic carbocycles. The maximum absolute atomic E-state index is 9.80. The quantitative estimate of drug-likeness (QED) is 0.739. The summed E-state index contributed by atoms with van der Waals surface area (Å²) >= 11 is 1.67.